The first-order valence-corrected chi connectivity index (χ1v) is 9.57. The summed E-state index contributed by atoms with van der Waals surface area (Å²) in [7, 11) is 0. The molecular weight excluding hydrogens is 366 g/mol. The topological polar surface area (TPSA) is 105 Å². The lowest BCUT2D eigenvalue weighted by atomic mass is 10.1. The van der Waals surface area contributed by atoms with Crippen LogP contribution in [-0.2, 0) is 4.79 Å². The standard InChI is InChI=1S/C18H15N5OS2/c19-9-13-10-21-18(23-17(13)20)26-11-15(24)22-16(14-7-4-8-25-14)12-5-2-1-3-6-12/h1-8,10,16H,11H2,(H,22,24)(H2,20,21,23)/t16-/m0/s1. The maximum atomic E-state index is 12.4. The number of nitrogens with two attached hydrogens (primary N) is 1. The van der Waals surface area contributed by atoms with E-state index in [1.54, 1.807) is 11.3 Å². The maximum absolute atomic E-state index is 12.4. The molecule has 0 bridgehead atoms. The lowest BCUT2D eigenvalue weighted by Gasteiger charge is -2.18. The molecule has 1 atom stereocenters. The summed E-state index contributed by atoms with van der Waals surface area (Å²) in [4.78, 5) is 21.6. The smallest absolute Gasteiger partial charge is 0.231 e. The van der Waals surface area contributed by atoms with Gasteiger partial charge < -0.3 is 11.1 Å². The van der Waals surface area contributed by atoms with Crippen LogP contribution in [0.3, 0.4) is 0 Å². The zero-order chi connectivity index (χ0) is 18.4. The summed E-state index contributed by atoms with van der Waals surface area (Å²) in [6.45, 7) is 0. The van der Waals surface area contributed by atoms with E-state index >= 15 is 0 Å². The van der Waals surface area contributed by atoms with Crippen molar-refractivity contribution in [1.29, 1.82) is 5.26 Å². The summed E-state index contributed by atoms with van der Waals surface area (Å²) in [5.74, 6) is 0.134. The van der Waals surface area contributed by atoms with Gasteiger partial charge in [-0.25, -0.2) is 9.97 Å². The van der Waals surface area contributed by atoms with E-state index in [1.165, 1.54) is 18.0 Å². The Labute approximate surface area is 159 Å². The Morgan fingerprint density at radius 1 is 1.31 bits per heavy atom. The number of nitrogens with zero attached hydrogens (tertiary/aromatic N) is 3. The van der Waals surface area contributed by atoms with E-state index in [0.717, 1.165) is 10.4 Å². The summed E-state index contributed by atoms with van der Waals surface area (Å²) < 4.78 is 0. The largest absolute Gasteiger partial charge is 0.382 e. The van der Waals surface area contributed by atoms with Gasteiger partial charge in [0.1, 0.15) is 17.5 Å². The van der Waals surface area contributed by atoms with Crippen molar-refractivity contribution >= 4 is 34.8 Å². The predicted molar refractivity (Wildman–Crippen MR) is 103 cm³/mol. The summed E-state index contributed by atoms with van der Waals surface area (Å²) >= 11 is 2.77. The van der Waals surface area contributed by atoms with Crippen LogP contribution in [0.2, 0.25) is 0 Å². The van der Waals surface area contributed by atoms with Crippen LogP contribution < -0.4 is 11.1 Å². The van der Waals surface area contributed by atoms with Gasteiger partial charge in [-0.3, -0.25) is 4.79 Å². The van der Waals surface area contributed by atoms with E-state index in [0.29, 0.717) is 5.16 Å². The number of anilines is 1. The minimum absolute atomic E-state index is 0.117. The molecule has 0 aliphatic heterocycles. The monoisotopic (exact) mass is 381 g/mol. The average Bonchev–Trinajstić information content (AvgIpc) is 3.19. The molecule has 8 heteroatoms. The number of hydrogen-bond donors (Lipinski definition) is 2. The Balaban J connectivity index is 1.67. The van der Waals surface area contributed by atoms with Crippen LogP contribution in [0, 0.1) is 11.3 Å². The van der Waals surface area contributed by atoms with Gasteiger partial charge in [-0.2, -0.15) is 5.26 Å². The second-order valence-corrected chi connectivity index (χ2v) is 7.20. The summed E-state index contributed by atoms with van der Waals surface area (Å²) in [5, 5.41) is 14.3. The summed E-state index contributed by atoms with van der Waals surface area (Å²) in [6, 6.07) is 15.5. The van der Waals surface area contributed by atoms with E-state index in [4.69, 9.17) is 11.0 Å². The van der Waals surface area contributed by atoms with Gasteiger partial charge in [-0.05, 0) is 17.0 Å². The number of aromatic nitrogens is 2. The van der Waals surface area contributed by atoms with Crippen LogP contribution in [0.5, 0.6) is 0 Å². The van der Waals surface area contributed by atoms with Crippen molar-refractivity contribution in [2.24, 2.45) is 0 Å². The molecule has 0 aliphatic rings. The molecule has 1 amide bonds. The highest BCUT2D eigenvalue weighted by molar-refractivity contribution is 7.99. The summed E-state index contributed by atoms with van der Waals surface area (Å²) in [5.41, 5.74) is 6.92. The van der Waals surface area contributed by atoms with Crippen LogP contribution in [0.15, 0.2) is 59.2 Å². The number of rotatable bonds is 6. The second kappa shape index (κ2) is 8.47. The van der Waals surface area contributed by atoms with E-state index in [-0.39, 0.29) is 29.1 Å². The molecule has 130 valence electrons. The van der Waals surface area contributed by atoms with Crippen LogP contribution >= 0.6 is 23.1 Å². The molecule has 3 N–H and O–H groups in total. The van der Waals surface area contributed by atoms with Crippen molar-refractivity contribution in [1.82, 2.24) is 15.3 Å². The van der Waals surface area contributed by atoms with Crippen molar-refractivity contribution < 1.29 is 4.79 Å². The first-order chi connectivity index (χ1) is 12.7. The third-order valence-electron chi connectivity index (χ3n) is 3.51. The Morgan fingerprint density at radius 2 is 2.12 bits per heavy atom. The first kappa shape index (κ1) is 17.9. The van der Waals surface area contributed by atoms with Crippen molar-refractivity contribution in [2.75, 3.05) is 11.5 Å². The van der Waals surface area contributed by atoms with E-state index in [1.807, 2.05) is 53.9 Å². The van der Waals surface area contributed by atoms with Gasteiger partial charge >= 0.3 is 0 Å². The fourth-order valence-electron chi connectivity index (χ4n) is 2.29. The number of carbonyl (C=O) groups excluding carboxylic acids is 1. The molecule has 1 aromatic carbocycles. The van der Waals surface area contributed by atoms with Gasteiger partial charge in [0.15, 0.2) is 5.16 Å². The highest BCUT2D eigenvalue weighted by atomic mass is 32.2. The lowest BCUT2D eigenvalue weighted by molar-refractivity contribution is -0.119. The fraction of sp³-hybridized carbons (Fsp3) is 0.111. The molecule has 0 radical (unpaired) electrons. The molecular formula is C18H15N5OS2. The molecule has 2 heterocycles. The fourth-order valence-corrected chi connectivity index (χ4v) is 3.72. The molecule has 0 fully saturated rings. The number of thioether (sulfide) groups is 1. The minimum atomic E-state index is -0.198. The molecule has 3 aromatic rings. The quantitative estimate of drug-likeness (QED) is 0.502. The molecule has 26 heavy (non-hydrogen) atoms. The highest BCUT2D eigenvalue weighted by Gasteiger charge is 2.18. The SMILES string of the molecule is N#Cc1cnc(SCC(=O)N[C@@H](c2ccccc2)c2cccs2)nc1N. The third kappa shape index (κ3) is 4.39. The maximum Gasteiger partial charge on any atom is 0.231 e. The number of nitriles is 1. The number of thiophene rings is 1. The molecule has 2 aromatic heterocycles. The predicted octanol–water partition coefficient (Wildman–Crippen LogP) is 2.99. The van der Waals surface area contributed by atoms with Gasteiger partial charge in [0.05, 0.1) is 18.0 Å². The zero-order valence-corrected chi connectivity index (χ0v) is 15.3. The molecule has 6 nitrogen and oxygen atoms in total. The average molecular weight is 381 g/mol. The molecule has 3 rings (SSSR count). The van der Waals surface area contributed by atoms with E-state index in [9.17, 15) is 4.79 Å². The summed E-state index contributed by atoms with van der Waals surface area (Å²) in [6.07, 6.45) is 1.36. The number of hydrogen-bond acceptors (Lipinski definition) is 7. The highest BCUT2D eigenvalue weighted by Crippen LogP contribution is 2.26. The van der Waals surface area contributed by atoms with Crippen molar-refractivity contribution in [3.05, 3.63) is 70.0 Å². The van der Waals surface area contributed by atoms with Crippen LogP contribution in [-0.4, -0.2) is 21.6 Å². The Bertz CT molecular complexity index is 923. The Kier molecular flexibility index (Phi) is 5.84. The molecule has 0 aliphatic carbocycles. The van der Waals surface area contributed by atoms with Gasteiger partial charge in [-0.15, -0.1) is 11.3 Å². The van der Waals surface area contributed by atoms with Crippen molar-refractivity contribution in [3.63, 3.8) is 0 Å². The van der Waals surface area contributed by atoms with Crippen LogP contribution in [0.1, 0.15) is 22.0 Å². The Hall–Kier alpha value is -2.89. The van der Waals surface area contributed by atoms with E-state index in [2.05, 4.69) is 15.3 Å². The van der Waals surface area contributed by atoms with Gasteiger partial charge in [0.2, 0.25) is 5.91 Å². The zero-order valence-electron chi connectivity index (χ0n) is 13.6. The van der Waals surface area contributed by atoms with Crippen molar-refractivity contribution in [3.8, 4) is 6.07 Å². The number of carbonyl (C=O) groups is 1. The number of amides is 1. The normalized spacial score (nSPS) is 11.5. The number of nitrogen functional groups attached to an aromatic ring is 1. The van der Waals surface area contributed by atoms with Crippen LogP contribution in [0.25, 0.3) is 0 Å². The first-order valence-electron chi connectivity index (χ1n) is 7.70. The van der Waals surface area contributed by atoms with Gasteiger partial charge in [-0.1, -0.05) is 48.2 Å². The van der Waals surface area contributed by atoms with Gasteiger partial charge in [0.25, 0.3) is 0 Å². The lowest BCUT2D eigenvalue weighted by Crippen LogP contribution is -2.30. The Morgan fingerprint density at radius 3 is 2.77 bits per heavy atom. The second-order valence-electron chi connectivity index (χ2n) is 5.28. The number of nitrogens with one attached hydrogen (secondary N) is 1. The number of benzene rings is 1. The molecule has 0 unspecified atom stereocenters. The van der Waals surface area contributed by atoms with E-state index < -0.39 is 0 Å². The van der Waals surface area contributed by atoms with Gasteiger partial charge in [0, 0.05) is 4.88 Å². The third-order valence-corrected chi connectivity index (χ3v) is 5.31. The molecule has 0 saturated carbocycles. The molecule has 0 spiro atoms. The van der Waals surface area contributed by atoms with Crippen LogP contribution in [0.4, 0.5) is 5.82 Å². The molecule has 0 saturated heterocycles. The van der Waals surface area contributed by atoms with Crippen molar-refractivity contribution in [2.45, 2.75) is 11.2 Å². The minimum Gasteiger partial charge on any atom is -0.382 e.